The number of anilines is 1. The van der Waals surface area contributed by atoms with Crippen LogP contribution < -0.4 is 10.2 Å². The average molecular weight is 357 g/mol. The van der Waals surface area contributed by atoms with E-state index in [9.17, 15) is 9.59 Å². The predicted molar refractivity (Wildman–Crippen MR) is 98.8 cm³/mol. The lowest BCUT2D eigenvalue weighted by Crippen LogP contribution is -2.54. The lowest BCUT2D eigenvalue weighted by molar-refractivity contribution is -0.122. The third-order valence-electron chi connectivity index (χ3n) is 3.57. The molecule has 0 bridgehead atoms. The van der Waals surface area contributed by atoms with Gasteiger partial charge in [0.2, 0.25) is 0 Å². The molecule has 0 aliphatic carbocycles. The van der Waals surface area contributed by atoms with E-state index in [0.29, 0.717) is 10.7 Å². The minimum absolute atomic E-state index is 0.0300. The van der Waals surface area contributed by atoms with E-state index in [-0.39, 0.29) is 10.7 Å². The van der Waals surface area contributed by atoms with Crippen LogP contribution in [0.1, 0.15) is 11.1 Å². The highest BCUT2D eigenvalue weighted by molar-refractivity contribution is 7.80. The normalized spacial score (nSPS) is 16.5. The molecule has 2 aromatic carbocycles. The molecule has 6 heteroatoms. The van der Waals surface area contributed by atoms with Crippen LogP contribution in [0.4, 0.5) is 5.69 Å². The van der Waals surface area contributed by atoms with Crippen molar-refractivity contribution < 1.29 is 9.59 Å². The average Bonchev–Trinajstić information content (AvgIpc) is 2.55. The number of rotatable bonds is 2. The first-order chi connectivity index (χ1) is 11.5. The first-order valence-corrected chi connectivity index (χ1v) is 7.98. The van der Waals surface area contributed by atoms with Gasteiger partial charge in [0.1, 0.15) is 5.57 Å². The first-order valence-electron chi connectivity index (χ1n) is 7.19. The summed E-state index contributed by atoms with van der Waals surface area (Å²) in [5, 5.41) is 3.15. The third kappa shape index (κ3) is 3.22. The molecular formula is C18H13ClN2O2S. The van der Waals surface area contributed by atoms with E-state index in [1.165, 1.54) is 4.90 Å². The Morgan fingerprint density at radius 3 is 2.29 bits per heavy atom. The van der Waals surface area contributed by atoms with Crippen LogP contribution in [0, 0.1) is 6.92 Å². The summed E-state index contributed by atoms with van der Waals surface area (Å²) in [4.78, 5) is 26.2. The summed E-state index contributed by atoms with van der Waals surface area (Å²) < 4.78 is 0. The molecule has 0 aromatic heterocycles. The second-order valence-electron chi connectivity index (χ2n) is 5.34. The Hall–Kier alpha value is -2.50. The summed E-state index contributed by atoms with van der Waals surface area (Å²) in [5.74, 6) is -0.970. The van der Waals surface area contributed by atoms with Gasteiger partial charge in [-0.1, -0.05) is 41.4 Å². The summed E-state index contributed by atoms with van der Waals surface area (Å²) >= 11 is 11.0. The molecule has 24 heavy (non-hydrogen) atoms. The lowest BCUT2D eigenvalue weighted by Gasteiger charge is -2.28. The molecule has 1 heterocycles. The SMILES string of the molecule is Cc1ccc(/C=C2/C(=O)NC(=S)N(c3ccc(Cl)cc3)C2=O)cc1. The van der Waals surface area contributed by atoms with Crippen LogP contribution in [0.15, 0.2) is 54.1 Å². The molecule has 2 aromatic rings. The van der Waals surface area contributed by atoms with Crippen LogP contribution in [0.5, 0.6) is 0 Å². The molecule has 0 radical (unpaired) electrons. The Bertz CT molecular complexity index is 858. The Morgan fingerprint density at radius 1 is 1.04 bits per heavy atom. The van der Waals surface area contributed by atoms with Gasteiger partial charge >= 0.3 is 0 Å². The van der Waals surface area contributed by atoms with E-state index in [2.05, 4.69) is 5.32 Å². The maximum atomic E-state index is 12.8. The lowest BCUT2D eigenvalue weighted by atomic mass is 10.1. The molecule has 0 spiro atoms. The van der Waals surface area contributed by atoms with E-state index >= 15 is 0 Å². The number of amides is 2. The number of aryl methyl sites for hydroxylation is 1. The zero-order chi connectivity index (χ0) is 17.3. The largest absolute Gasteiger partial charge is 0.298 e. The van der Waals surface area contributed by atoms with Crippen molar-refractivity contribution in [1.29, 1.82) is 0 Å². The first kappa shape index (κ1) is 16.4. The van der Waals surface area contributed by atoms with Crippen molar-refractivity contribution in [2.75, 3.05) is 4.90 Å². The van der Waals surface area contributed by atoms with E-state index in [1.54, 1.807) is 30.3 Å². The van der Waals surface area contributed by atoms with Crippen molar-refractivity contribution in [1.82, 2.24) is 5.32 Å². The number of hydrogen-bond acceptors (Lipinski definition) is 3. The number of carbonyl (C=O) groups excluding carboxylic acids is 2. The molecule has 1 aliphatic heterocycles. The van der Waals surface area contributed by atoms with Crippen molar-refractivity contribution in [2.45, 2.75) is 6.92 Å². The Balaban J connectivity index is 1.99. The quantitative estimate of drug-likeness (QED) is 0.509. The van der Waals surface area contributed by atoms with Crippen LogP contribution in [-0.4, -0.2) is 16.9 Å². The van der Waals surface area contributed by atoms with E-state index < -0.39 is 11.8 Å². The van der Waals surface area contributed by atoms with Crippen molar-refractivity contribution in [3.8, 4) is 0 Å². The van der Waals surface area contributed by atoms with E-state index in [4.69, 9.17) is 23.8 Å². The van der Waals surface area contributed by atoms with Crippen molar-refractivity contribution >= 4 is 52.5 Å². The van der Waals surface area contributed by atoms with Crippen LogP contribution in [0.3, 0.4) is 0 Å². The molecule has 4 nitrogen and oxygen atoms in total. The van der Waals surface area contributed by atoms with Gasteiger partial charge in [-0.25, -0.2) is 0 Å². The maximum Gasteiger partial charge on any atom is 0.270 e. The van der Waals surface area contributed by atoms with Gasteiger partial charge in [0.15, 0.2) is 5.11 Å². The number of nitrogens with one attached hydrogen (secondary N) is 1. The fourth-order valence-electron chi connectivity index (χ4n) is 2.31. The van der Waals surface area contributed by atoms with Gasteiger partial charge in [-0.05, 0) is 55.0 Å². The molecule has 1 fully saturated rings. The summed E-state index contributed by atoms with van der Waals surface area (Å²) in [6.07, 6.45) is 1.56. The van der Waals surface area contributed by atoms with Gasteiger partial charge in [-0.2, -0.15) is 0 Å². The molecule has 1 aliphatic rings. The van der Waals surface area contributed by atoms with Crippen molar-refractivity contribution in [3.63, 3.8) is 0 Å². The van der Waals surface area contributed by atoms with E-state index in [0.717, 1.165) is 11.1 Å². The smallest absolute Gasteiger partial charge is 0.270 e. The molecule has 0 unspecified atom stereocenters. The molecule has 1 saturated heterocycles. The standard InChI is InChI=1S/C18H13ClN2O2S/c1-11-2-4-12(5-3-11)10-15-16(22)20-18(24)21(17(15)23)14-8-6-13(19)7-9-14/h2-10H,1H3,(H,20,22,24)/b15-10-. The zero-order valence-corrected chi connectivity index (χ0v) is 14.3. The molecule has 0 saturated carbocycles. The third-order valence-corrected chi connectivity index (χ3v) is 4.11. The van der Waals surface area contributed by atoms with Crippen LogP contribution in [0.25, 0.3) is 6.08 Å². The number of halogens is 1. The summed E-state index contributed by atoms with van der Waals surface area (Å²) in [7, 11) is 0. The van der Waals surface area contributed by atoms with Gasteiger partial charge in [-0.3, -0.25) is 19.8 Å². The van der Waals surface area contributed by atoms with Crippen molar-refractivity contribution in [2.24, 2.45) is 0 Å². The number of thiocarbonyl (C=S) groups is 1. The number of benzene rings is 2. The van der Waals surface area contributed by atoms with Crippen molar-refractivity contribution in [3.05, 3.63) is 70.3 Å². The van der Waals surface area contributed by atoms with Crippen LogP contribution >= 0.6 is 23.8 Å². The van der Waals surface area contributed by atoms with Gasteiger partial charge < -0.3 is 0 Å². The Labute approximate surface area is 149 Å². The summed E-state index contributed by atoms with van der Waals surface area (Å²) in [5.41, 5.74) is 2.44. The second kappa shape index (κ2) is 6.55. The minimum Gasteiger partial charge on any atom is -0.298 e. The predicted octanol–water partition coefficient (Wildman–Crippen LogP) is 3.48. The monoisotopic (exact) mass is 356 g/mol. The second-order valence-corrected chi connectivity index (χ2v) is 6.17. The summed E-state index contributed by atoms with van der Waals surface area (Å²) in [6, 6.07) is 14.2. The fraction of sp³-hybridized carbons (Fsp3) is 0.0556. The van der Waals surface area contributed by atoms with Gasteiger partial charge in [0, 0.05) is 5.02 Å². The number of carbonyl (C=O) groups is 2. The maximum absolute atomic E-state index is 12.8. The Morgan fingerprint density at radius 2 is 1.67 bits per heavy atom. The highest BCUT2D eigenvalue weighted by Crippen LogP contribution is 2.23. The number of hydrogen-bond donors (Lipinski definition) is 1. The molecule has 120 valence electrons. The highest BCUT2D eigenvalue weighted by Gasteiger charge is 2.34. The zero-order valence-electron chi connectivity index (χ0n) is 12.7. The van der Waals surface area contributed by atoms with Gasteiger partial charge in [0.25, 0.3) is 11.8 Å². The fourth-order valence-corrected chi connectivity index (χ4v) is 2.72. The molecule has 2 amide bonds. The van der Waals surface area contributed by atoms with Crippen LogP contribution in [-0.2, 0) is 9.59 Å². The topological polar surface area (TPSA) is 49.4 Å². The minimum atomic E-state index is -0.504. The van der Waals surface area contributed by atoms with E-state index in [1.807, 2.05) is 31.2 Å². The molecular weight excluding hydrogens is 344 g/mol. The number of nitrogens with zero attached hydrogens (tertiary/aromatic N) is 1. The summed E-state index contributed by atoms with van der Waals surface area (Å²) in [6.45, 7) is 1.97. The molecule has 1 N–H and O–H groups in total. The van der Waals surface area contributed by atoms with Gasteiger partial charge in [-0.15, -0.1) is 0 Å². The Kier molecular flexibility index (Phi) is 4.46. The molecule has 3 rings (SSSR count). The molecule has 0 atom stereocenters. The van der Waals surface area contributed by atoms with Gasteiger partial charge in [0.05, 0.1) is 5.69 Å². The van der Waals surface area contributed by atoms with Crippen LogP contribution in [0.2, 0.25) is 5.02 Å². The highest BCUT2D eigenvalue weighted by atomic mass is 35.5.